The number of aryl methyl sites for hydroxylation is 1. The minimum absolute atomic E-state index is 0.0968. The third-order valence-corrected chi connectivity index (χ3v) is 7.15. The summed E-state index contributed by atoms with van der Waals surface area (Å²) in [4.78, 5) is 29.0. The first kappa shape index (κ1) is 26.4. The summed E-state index contributed by atoms with van der Waals surface area (Å²) in [5, 5.41) is 0.551. The molecule has 1 fully saturated rings. The molecule has 0 saturated carbocycles. The summed E-state index contributed by atoms with van der Waals surface area (Å²) in [6.07, 6.45) is 1.58. The zero-order valence-corrected chi connectivity index (χ0v) is 22.7. The molecule has 0 atom stereocenters. The van der Waals surface area contributed by atoms with Crippen molar-refractivity contribution in [1.29, 1.82) is 0 Å². The van der Waals surface area contributed by atoms with Crippen molar-refractivity contribution in [2.75, 3.05) is 39.0 Å². The van der Waals surface area contributed by atoms with Crippen molar-refractivity contribution in [3.05, 3.63) is 87.6 Å². The molecule has 9 heteroatoms. The van der Waals surface area contributed by atoms with E-state index in [1.165, 1.54) is 5.56 Å². The second-order valence-electron chi connectivity index (χ2n) is 9.81. The zero-order chi connectivity index (χ0) is 27.5. The van der Waals surface area contributed by atoms with Gasteiger partial charge in [-0.3, -0.25) is 9.69 Å². The van der Waals surface area contributed by atoms with Gasteiger partial charge in [0.15, 0.2) is 0 Å². The molecule has 0 radical (unpaired) electrons. The second-order valence-corrected chi connectivity index (χ2v) is 10.2. The van der Waals surface area contributed by atoms with Gasteiger partial charge in [0, 0.05) is 55.1 Å². The maximum Gasteiger partial charge on any atom is 0.250 e. The van der Waals surface area contributed by atoms with Gasteiger partial charge in [0.05, 0.1) is 22.5 Å². The van der Waals surface area contributed by atoms with Gasteiger partial charge in [0.1, 0.15) is 5.69 Å². The quantitative estimate of drug-likeness (QED) is 0.331. The van der Waals surface area contributed by atoms with Gasteiger partial charge >= 0.3 is 0 Å². The molecule has 0 unspecified atom stereocenters. The molecule has 2 aromatic carbocycles. The Balaban J connectivity index is 1.44. The lowest BCUT2D eigenvalue weighted by Gasteiger charge is -2.32. The Morgan fingerprint density at radius 2 is 1.82 bits per heavy atom. The molecular formula is C30H30ClN7O. The van der Waals surface area contributed by atoms with Crippen molar-refractivity contribution in [2.45, 2.75) is 13.5 Å². The Morgan fingerprint density at radius 1 is 1.08 bits per heavy atom. The first-order valence-electron chi connectivity index (χ1n) is 12.7. The molecule has 4 aromatic rings. The third kappa shape index (κ3) is 6.13. The number of hydrogen-bond acceptors (Lipinski definition) is 6. The number of benzene rings is 2. The molecule has 1 saturated heterocycles. The average molecular weight is 540 g/mol. The van der Waals surface area contributed by atoms with E-state index in [4.69, 9.17) is 23.1 Å². The highest BCUT2D eigenvalue weighted by molar-refractivity contribution is 6.31. The van der Waals surface area contributed by atoms with Gasteiger partial charge in [0.25, 0.3) is 5.91 Å². The normalized spacial score (nSPS) is 14.1. The van der Waals surface area contributed by atoms with E-state index in [0.717, 1.165) is 49.4 Å². The lowest BCUT2D eigenvalue weighted by molar-refractivity contribution is 0.100. The van der Waals surface area contributed by atoms with Gasteiger partial charge in [-0.15, -0.1) is 0 Å². The van der Waals surface area contributed by atoms with E-state index in [0.29, 0.717) is 33.2 Å². The van der Waals surface area contributed by atoms with Crippen molar-refractivity contribution < 1.29 is 4.79 Å². The van der Waals surface area contributed by atoms with Crippen LogP contribution in [0, 0.1) is 18.8 Å². The number of aromatic nitrogens is 3. The third-order valence-electron chi connectivity index (χ3n) is 6.91. The Morgan fingerprint density at radius 3 is 2.54 bits per heavy atom. The van der Waals surface area contributed by atoms with E-state index < -0.39 is 5.91 Å². The highest BCUT2D eigenvalue weighted by Crippen LogP contribution is 2.33. The van der Waals surface area contributed by atoms with Crippen molar-refractivity contribution in [3.8, 4) is 34.5 Å². The molecule has 0 aliphatic carbocycles. The van der Waals surface area contributed by atoms with Crippen LogP contribution < -0.4 is 11.5 Å². The number of hydrogen-bond donors (Lipinski definition) is 3. The molecule has 8 nitrogen and oxygen atoms in total. The maximum atomic E-state index is 12.3. The number of nitrogens with two attached hydrogens (primary N) is 2. The number of carbonyl (C=O) groups excluding carboxylic acids is 1. The van der Waals surface area contributed by atoms with Crippen LogP contribution in [0.5, 0.6) is 0 Å². The number of carbonyl (C=O) groups is 1. The van der Waals surface area contributed by atoms with Crippen molar-refractivity contribution in [3.63, 3.8) is 0 Å². The summed E-state index contributed by atoms with van der Waals surface area (Å²) in [6.45, 7) is 7.21. The average Bonchev–Trinajstić information content (AvgIpc) is 3.37. The van der Waals surface area contributed by atoms with Crippen LogP contribution in [0.25, 0.3) is 22.6 Å². The van der Waals surface area contributed by atoms with Crippen molar-refractivity contribution in [2.24, 2.45) is 5.73 Å². The van der Waals surface area contributed by atoms with Crippen LogP contribution in [0.3, 0.4) is 0 Å². The van der Waals surface area contributed by atoms with E-state index in [-0.39, 0.29) is 5.95 Å². The molecule has 1 amide bonds. The fourth-order valence-corrected chi connectivity index (χ4v) is 4.81. The second kappa shape index (κ2) is 11.3. The zero-order valence-electron chi connectivity index (χ0n) is 22.0. The first-order chi connectivity index (χ1) is 18.8. The van der Waals surface area contributed by atoms with E-state index in [9.17, 15) is 4.79 Å². The first-order valence-corrected chi connectivity index (χ1v) is 13.1. The van der Waals surface area contributed by atoms with Gasteiger partial charge in [-0.2, -0.15) is 0 Å². The molecule has 5 N–H and O–H groups in total. The number of nitrogen functional groups attached to an aromatic ring is 1. The van der Waals surface area contributed by atoms with Gasteiger partial charge < -0.3 is 21.4 Å². The van der Waals surface area contributed by atoms with E-state index in [1.54, 1.807) is 24.4 Å². The van der Waals surface area contributed by atoms with Crippen molar-refractivity contribution >= 4 is 23.5 Å². The molecule has 1 aliphatic heterocycles. The predicted octanol–water partition coefficient (Wildman–Crippen LogP) is 3.93. The number of piperazine rings is 1. The lowest BCUT2D eigenvalue weighted by Crippen LogP contribution is -2.43. The monoisotopic (exact) mass is 539 g/mol. The summed E-state index contributed by atoms with van der Waals surface area (Å²) in [7, 11) is 2.16. The van der Waals surface area contributed by atoms with Crippen LogP contribution in [0.4, 0.5) is 5.95 Å². The maximum absolute atomic E-state index is 12.3. The van der Waals surface area contributed by atoms with Gasteiger partial charge in [-0.1, -0.05) is 41.6 Å². The Hall–Kier alpha value is -4.16. The molecule has 1 aliphatic rings. The summed E-state index contributed by atoms with van der Waals surface area (Å²) in [5.41, 5.74) is 18.0. The lowest BCUT2D eigenvalue weighted by atomic mass is 10.0. The van der Waals surface area contributed by atoms with Crippen molar-refractivity contribution in [1.82, 2.24) is 24.8 Å². The van der Waals surface area contributed by atoms with Crippen LogP contribution in [0.15, 0.2) is 54.7 Å². The summed E-state index contributed by atoms with van der Waals surface area (Å²) in [6, 6.07) is 15.4. The number of amides is 1. The van der Waals surface area contributed by atoms with Crippen LogP contribution >= 0.6 is 11.6 Å². The molecule has 0 bridgehead atoms. The Bertz CT molecular complexity index is 1580. The number of halogens is 1. The molecular weight excluding hydrogens is 510 g/mol. The SMILES string of the molecule is Cc1ccc(Cl)cc1-c1[nH]c(-c2nc(N)ncc2C#Cc2ccc(CN3CCN(C)CC3)cc2)cc1C(N)=O. The highest BCUT2D eigenvalue weighted by Gasteiger charge is 2.20. The topological polar surface area (TPSA) is 117 Å². The molecule has 2 aromatic heterocycles. The van der Waals surface area contributed by atoms with E-state index >= 15 is 0 Å². The number of nitrogens with zero attached hydrogens (tertiary/aromatic N) is 4. The van der Waals surface area contributed by atoms with Crippen LogP contribution in [-0.2, 0) is 6.54 Å². The predicted molar refractivity (Wildman–Crippen MR) is 155 cm³/mol. The number of aromatic amines is 1. The van der Waals surface area contributed by atoms with E-state index in [2.05, 4.69) is 55.8 Å². The summed E-state index contributed by atoms with van der Waals surface area (Å²) < 4.78 is 0. The Kier molecular flexibility index (Phi) is 7.66. The Labute approximate surface area is 233 Å². The van der Waals surface area contributed by atoms with Gasteiger partial charge in [-0.25, -0.2) is 9.97 Å². The largest absolute Gasteiger partial charge is 0.368 e. The fraction of sp³-hybridized carbons (Fsp3) is 0.233. The minimum Gasteiger partial charge on any atom is -0.368 e. The van der Waals surface area contributed by atoms with Crippen LogP contribution in [-0.4, -0.2) is 63.9 Å². The summed E-state index contributed by atoms with van der Waals surface area (Å²) in [5.74, 6) is 5.91. The summed E-state index contributed by atoms with van der Waals surface area (Å²) >= 11 is 6.24. The number of likely N-dealkylation sites (N-methyl/N-ethyl adjacent to an activating group) is 1. The molecule has 198 valence electrons. The number of nitrogens with one attached hydrogen (secondary N) is 1. The number of rotatable bonds is 5. The number of primary amides is 1. The molecule has 3 heterocycles. The minimum atomic E-state index is -0.571. The van der Waals surface area contributed by atoms with Crippen LogP contribution in [0.1, 0.15) is 32.6 Å². The number of H-pyrrole nitrogens is 1. The molecule has 5 rings (SSSR count). The molecule has 0 spiro atoms. The van der Waals surface area contributed by atoms with Gasteiger partial charge in [-0.05, 0) is 55.4 Å². The van der Waals surface area contributed by atoms with Crippen LogP contribution in [0.2, 0.25) is 5.02 Å². The number of anilines is 1. The standard InChI is InChI=1S/C30H30ClN7O/c1-19-3-10-23(31)15-24(19)28-25(29(32)39)16-26(35-28)27-22(17-34-30(33)36-27)9-8-20-4-6-21(7-5-20)18-38-13-11-37(2)12-14-38/h3-7,10,15-17,35H,11-14,18H2,1-2H3,(H2,32,39)(H2,33,34,36). The fourth-order valence-electron chi connectivity index (χ4n) is 4.64. The highest BCUT2D eigenvalue weighted by atomic mass is 35.5. The smallest absolute Gasteiger partial charge is 0.250 e. The van der Waals surface area contributed by atoms with E-state index in [1.807, 2.05) is 25.1 Å². The molecule has 39 heavy (non-hydrogen) atoms. The van der Waals surface area contributed by atoms with Gasteiger partial charge in [0.2, 0.25) is 5.95 Å².